The lowest BCUT2D eigenvalue weighted by atomic mass is 9.93. The van der Waals surface area contributed by atoms with Gasteiger partial charge in [-0.25, -0.2) is 0 Å². The molecule has 0 atom stereocenters. The summed E-state index contributed by atoms with van der Waals surface area (Å²) in [5.41, 5.74) is 1.26. The van der Waals surface area contributed by atoms with Crippen LogP contribution in [0.3, 0.4) is 0 Å². The van der Waals surface area contributed by atoms with Crippen molar-refractivity contribution in [3.63, 3.8) is 0 Å². The number of aliphatic carboxylic acids is 1. The Balaban J connectivity index is 1.52. The second-order valence-corrected chi connectivity index (χ2v) is 6.37. The Morgan fingerprint density at radius 3 is 2.50 bits per heavy atom. The van der Waals surface area contributed by atoms with E-state index in [4.69, 9.17) is 9.84 Å². The van der Waals surface area contributed by atoms with E-state index in [2.05, 4.69) is 12.1 Å². The number of carbonyl (C=O) groups is 2. The lowest BCUT2D eigenvalue weighted by molar-refractivity contribution is -0.138. The summed E-state index contributed by atoms with van der Waals surface area (Å²) in [6.07, 6.45) is 3.96. The normalized spacial score (nSPS) is 15.4. The van der Waals surface area contributed by atoms with E-state index in [9.17, 15) is 9.59 Å². The highest BCUT2D eigenvalue weighted by Gasteiger charge is 2.23. The zero-order valence-corrected chi connectivity index (χ0v) is 14.2. The van der Waals surface area contributed by atoms with Crippen molar-refractivity contribution in [1.82, 2.24) is 4.90 Å². The van der Waals surface area contributed by atoms with Gasteiger partial charge in [0.05, 0.1) is 6.61 Å². The van der Waals surface area contributed by atoms with Gasteiger partial charge in [-0.3, -0.25) is 9.59 Å². The van der Waals surface area contributed by atoms with Crippen molar-refractivity contribution >= 4 is 11.9 Å². The third-order valence-electron chi connectivity index (χ3n) is 4.49. The fraction of sp³-hybridized carbons (Fsp3) is 0.579. The summed E-state index contributed by atoms with van der Waals surface area (Å²) >= 11 is 0. The maximum atomic E-state index is 12.1. The summed E-state index contributed by atoms with van der Waals surface area (Å²) in [6.45, 7) is 2.66. The first kappa shape index (κ1) is 18.5. The van der Waals surface area contributed by atoms with E-state index >= 15 is 0 Å². The van der Waals surface area contributed by atoms with Crippen molar-refractivity contribution in [2.24, 2.45) is 5.92 Å². The molecule has 5 nitrogen and oxygen atoms in total. The van der Waals surface area contributed by atoms with Gasteiger partial charge in [0, 0.05) is 32.5 Å². The van der Waals surface area contributed by atoms with Crippen molar-refractivity contribution in [2.75, 3.05) is 26.3 Å². The minimum Gasteiger partial charge on any atom is -0.481 e. The van der Waals surface area contributed by atoms with Crippen molar-refractivity contribution in [3.05, 3.63) is 35.9 Å². The molecule has 2 rings (SSSR count). The quantitative estimate of drug-likeness (QED) is 0.706. The lowest BCUT2D eigenvalue weighted by Crippen LogP contribution is -2.38. The smallest absolute Gasteiger partial charge is 0.303 e. The van der Waals surface area contributed by atoms with Gasteiger partial charge < -0.3 is 14.7 Å². The summed E-state index contributed by atoms with van der Waals surface area (Å²) in [6, 6.07) is 10.2. The van der Waals surface area contributed by atoms with Crippen molar-refractivity contribution in [1.29, 1.82) is 0 Å². The fourth-order valence-corrected chi connectivity index (χ4v) is 3.05. The van der Waals surface area contributed by atoms with Crippen molar-refractivity contribution < 1.29 is 19.4 Å². The summed E-state index contributed by atoms with van der Waals surface area (Å²) in [5, 5.41) is 8.81. The van der Waals surface area contributed by atoms with Gasteiger partial charge in [-0.05, 0) is 37.2 Å². The first-order chi connectivity index (χ1) is 11.6. The maximum Gasteiger partial charge on any atom is 0.303 e. The standard InChI is InChI=1S/C19H27NO4/c21-18(20-11-8-17(9-12-20)15-19(22)23)7-4-13-24-14-10-16-5-2-1-3-6-16/h1-3,5-6,17H,4,7-15H2,(H,22,23). The predicted octanol–water partition coefficient (Wildman–Crippen LogP) is 2.74. The molecule has 0 spiro atoms. The molecule has 132 valence electrons. The number of hydrogen-bond donors (Lipinski definition) is 1. The van der Waals surface area contributed by atoms with Crippen LogP contribution in [-0.2, 0) is 20.7 Å². The van der Waals surface area contributed by atoms with Crippen LogP contribution < -0.4 is 0 Å². The molecular weight excluding hydrogens is 306 g/mol. The second kappa shape index (κ2) is 10.1. The third-order valence-corrected chi connectivity index (χ3v) is 4.49. The number of rotatable bonds is 9. The van der Waals surface area contributed by atoms with Crippen LogP contribution in [0.2, 0.25) is 0 Å². The van der Waals surface area contributed by atoms with E-state index in [-0.39, 0.29) is 18.2 Å². The molecule has 1 aliphatic rings. The molecule has 0 aromatic heterocycles. The van der Waals surface area contributed by atoms with E-state index in [0.29, 0.717) is 32.7 Å². The van der Waals surface area contributed by atoms with Crippen LogP contribution in [0, 0.1) is 5.92 Å². The highest BCUT2D eigenvalue weighted by Crippen LogP contribution is 2.21. The van der Waals surface area contributed by atoms with Gasteiger partial charge in [0.25, 0.3) is 0 Å². The third kappa shape index (κ3) is 6.71. The van der Waals surface area contributed by atoms with Crippen LogP contribution in [-0.4, -0.2) is 48.2 Å². The first-order valence-corrected chi connectivity index (χ1v) is 8.76. The summed E-state index contributed by atoms with van der Waals surface area (Å²) in [4.78, 5) is 24.7. The highest BCUT2D eigenvalue weighted by molar-refractivity contribution is 5.76. The Hall–Kier alpha value is -1.88. The summed E-state index contributed by atoms with van der Waals surface area (Å²) in [7, 11) is 0. The van der Waals surface area contributed by atoms with Gasteiger partial charge in [0.1, 0.15) is 0 Å². The average Bonchev–Trinajstić information content (AvgIpc) is 2.59. The molecule has 5 heteroatoms. The van der Waals surface area contributed by atoms with Crippen molar-refractivity contribution in [3.8, 4) is 0 Å². The molecule has 0 radical (unpaired) electrons. The van der Waals surface area contributed by atoms with E-state index in [1.807, 2.05) is 23.1 Å². The molecule has 1 fully saturated rings. The van der Waals surface area contributed by atoms with Crippen LogP contribution in [0.4, 0.5) is 0 Å². The Morgan fingerprint density at radius 1 is 1.12 bits per heavy atom. The summed E-state index contributed by atoms with van der Waals surface area (Å²) < 4.78 is 5.60. The topological polar surface area (TPSA) is 66.8 Å². The monoisotopic (exact) mass is 333 g/mol. The number of likely N-dealkylation sites (tertiary alicyclic amines) is 1. The Labute approximate surface area is 143 Å². The molecule has 1 aromatic rings. The highest BCUT2D eigenvalue weighted by atomic mass is 16.5. The SMILES string of the molecule is O=C(O)CC1CCN(C(=O)CCCOCCc2ccccc2)CC1. The molecular formula is C19H27NO4. The Bertz CT molecular complexity index is 509. The van der Waals surface area contributed by atoms with E-state index in [1.165, 1.54) is 5.56 Å². The molecule has 1 aliphatic heterocycles. The number of benzene rings is 1. The minimum atomic E-state index is -0.743. The predicted molar refractivity (Wildman–Crippen MR) is 91.8 cm³/mol. The molecule has 0 bridgehead atoms. The molecule has 1 saturated heterocycles. The number of nitrogens with zero attached hydrogens (tertiary/aromatic N) is 1. The first-order valence-electron chi connectivity index (χ1n) is 8.76. The van der Waals surface area contributed by atoms with Crippen LogP contribution in [0.25, 0.3) is 0 Å². The van der Waals surface area contributed by atoms with Gasteiger partial charge in [0.15, 0.2) is 0 Å². The van der Waals surface area contributed by atoms with Gasteiger partial charge in [-0.2, -0.15) is 0 Å². The number of carbonyl (C=O) groups excluding carboxylic acids is 1. The molecule has 24 heavy (non-hydrogen) atoms. The van der Waals surface area contributed by atoms with E-state index in [0.717, 1.165) is 25.7 Å². The number of ether oxygens (including phenoxy) is 1. The number of carboxylic acids is 1. The van der Waals surface area contributed by atoms with Crippen LogP contribution >= 0.6 is 0 Å². The number of carboxylic acid groups (broad SMARTS) is 1. The van der Waals surface area contributed by atoms with Crippen molar-refractivity contribution in [2.45, 2.75) is 38.5 Å². The fourth-order valence-electron chi connectivity index (χ4n) is 3.05. The van der Waals surface area contributed by atoms with Gasteiger partial charge in [-0.15, -0.1) is 0 Å². The van der Waals surface area contributed by atoms with Gasteiger partial charge >= 0.3 is 5.97 Å². The van der Waals surface area contributed by atoms with Crippen LogP contribution in [0.15, 0.2) is 30.3 Å². The number of piperidine rings is 1. The van der Waals surface area contributed by atoms with Crippen LogP contribution in [0.1, 0.15) is 37.7 Å². The average molecular weight is 333 g/mol. The van der Waals surface area contributed by atoms with Gasteiger partial charge in [-0.1, -0.05) is 30.3 Å². The van der Waals surface area contributed by atoms with E-state index < -0.39 is 5.97 Å². The number of amides is 1. The molecule has 0 unspecified atom stereocenters. The minimum absolute atomic E-state index is 0.162. The molecule has 0 aliphatic carbocycles. The molecule has 1 aromatic carbocycles. The largest absolute Gasteiger partial charge is 0.481 e. The van der Waals surface area contributed by atoms with E-state index in [1.54, 1.807) is 0 Å². The Morgan fingerprint density at radius 2 is 1.83 bits per heavy atom. The number of hydrogen-bond acceptors (Lipinski definition) is 3. The van der Waals surface area contributed by atoms with Crippen LogP contribution in [0.5, 0.6) is 0 Å². The Kier molecular flexibility index (Phi) is 7.75. The lowest BCUT2D eigenvalue weighted by Gasteiger charge is -2.31. The molecule has 1 N–H and O–H groups in total. The zero-order valence-electron chi connectivity index (χ0n) is 14.2. The summed E-state index contributed by atoms with van der Waals surface area (Å²) in [5.74, 6) is -0.365. The zero-order chi connectivity index (χ0) is 17.2. The molecule has 1 heterocycles. The second-order valence-electron chi connectivity index (χ2n) is 6.37. The maximum absolute atomic E-state index is 12.1. The molecule has 0 saturated carbocycles. The molecule has 1 amide bonds. The van der Waals surface area contributed by atoms with Gasteiger partial charge in [0.2, 0.25) is 5.91 Å².